The minimum atomic E-state index is -1.96. The Balaban J connectivity index is 1.76. The summed E-state index contributed by atoms with van der Waals surface area (Å²) in [5.74, 6) is -1.12. The molecule has 0 spiro atoms. The summed E-state index contributed by atoms with van der Waals surface area (Å²) in [5, 5.41) is 0.0784. The van der Waals surface area contributed by atoms with Gasteiger partial charge in [-0.3, -0.25) is 0 Å². The molecule has 0 aromatic heterocycles. The van der Waals surface area contributed by atoms with Crippen molar-refractivity contribution in [3.05, 3.63) is 11.6 Å². The first-order valence-electron chi connectivity index (χ1n) is 9.43. The Morgan fingerprint density at radius 1 is 1.15 bits per heavy atom. The standard InChI is InChI=1S/C19H32O7Si/c1-18(2,3)27(7,8)22-10-11-9-12(20)23-13(11)14-15-16(17(21-6)24-14)26-19(4,5)25-15/h9,13-17H,10H2,1-8H3/t13-,14-,15+,16+,17+/m1/s1. The highest BCUT2D eigenvalue weighted by Crippen LogP contribution is 2.43. The fraction of sp³-hybridized carbons (Fsp3) is 0.842. The third-order valence-electron chi connectivity index (χ3n) is 5.90. The van der Waals surface area contributed by atoms with E-state index in [0.29, 0.717) is 6.61 Å². The van der Waals surface area contributed by atoms with Crippen LogP contribution in [0, 0.1) is 0 Å². The fourth-order valence-electron chi connectivity index (χ4n) is 3.38. The molecule has 2 fully saturated rings. The van der Waals surface area contributed by atoms with E-state index in [0.717, 1.165) is 5.57 Å². The molecule has 2 saturated heterocycles. The van der Waals surface area contributed by atoms with E-state index < -0.39 is 32.6 Å². The molecule has 27 heavy (non-hydrogen) atoms. The second-order valence-corrected chi connectivity index (χ2v) is 14.2. The number of esters is 1. The van der Waals surface area contributed by atoms with Crippen molar-refractivity contribution in [1.82, 2.24) is 0 Å². The van der Waals surface area contributed by atoms with Gasteiger partial charge in [-0.05, 0) is 32.0 Å². The molecule has 7 nitrogen and oxygen atoms in total. The third kappa shape index (κ3) is 4.01. The summed E-state index contributed by atoms with van der Waals surface area (Å²) in [6.45, 7) is 15.0. The lowest BCUT2D eigenvalue weighted by Crippen LogP contribution is -2.44. The van der Waals surface area contributed by atoms with Gasteiger partial charge in [-0.2, -0.15) is 0 Å². The molecule has 0 N–H and O–H groups in total. The van der Waals surface area contributed by atoms with Gasteiger partial charge in [0.2, 0.25) is 0 Å². The van der Waals surface area contributed by atoms with Gasteiger partial charge in [-0.25, -0.2) is 4.79 Å². The summed E-state index contributed by atoms with van der Waals surface area (Å²) in [5.41, 5.74) is 0.777. The fourth-order valence-corrected chi connectivity index (χ4v) is 4.34. The Bertz CT molecular complexity index is 622. The van der Waals surface area contributed by atoms with Crippen molar-refractivity contribution in [1.29, 1.82) is 0 Å². The van der Waals surface area contributed by atoms with Gasteiger partial charge in [-0.15, -0.1) is 0 Å². The number of carbonyl (C=O) groups excluding carboxylic acids is 1. The molecule has 0 bridgehead atoms. The predicted molar refractivity (Wildman–Crippen MR) is 101 cm³/mol. The molecular formula is C19H32O7Si. The lowest BCUT2D eigenvalue weighted by molar-refractivity contribution is -0.235. The molecule has 0 aliphatic carbocycles. The van der Waals surface area contributed by atoms with Crippen molar-refractivity contribution >= 4 is 14.3 Å². The molecule has 0 radical (unpaired) electrons. The number of carbonyl (C=O) groups is 1. The molecule has 0 aromatic rings. The highest BCUT2D eigenvalue weighted by molar-refractivity contribution is 6.74. The van der Waals surface area contributed by atoms with Crippen LogP contribution in [0.4, 0.5) is 0 Å². The molecule has 0 amide bonds. The lowest BCUT2D eigenvalue weighted by Gasteiger charge is -2.37. The first-order chi connectivity index (χ1) is 12.3. The van der Waals surface area contributed by atoms with Crippen LogP contribution >= 0.6 is 0 Å². The van der Waals surface area contributed by atoms with Gasteiger partial charge in [-0.1, -0.05) is 20.8 Å². The summed E-state index contributed by atoms with van der Waals surface area (Å²) < 4.78 is 35.2. The Kier molecular flexibility index (Phi) is 5.38. The molecule has 3 aliphatic heterocycles. The predicted octanol–water partition coefficient (Wildman–Crippen LogP) is 2.75. The topological polar surface area (TPSA) is 72.5 Å². The molecule has 154 valence electrons. The molecule has 0 aromatic carbocycles. The summed E-state index contributed by atoms with van der Waals surface area (Å²) in [7, 11) is -0.396. The van der Waals surface area contributed by atoms with E-state index >= 15 is 0 Å². The van der Waals surface area contributed by atoms with Crippen LogP contribution in [0.5, 0.6) is 0 Å². The van der Waals surface area contributed by atoms with Crippen LogP contribution in [0.3, 0.4) is 0 Å². The van der Waals surface area contributed by atoms with E-state index in [9.17, 15) is 4.79 Å². The zero-order valence-corrected chi connectivity index (χ0v) is 18.5. The van der Waals surface area contributed by atoms with E-state index in [1.807, 2.05) is 13.8 Å². The van der Waals surface area contributed by atoms with E-state index in [4.69, 9.17) is 28.1 Å². The van der Waals surface area contributed by atoms with Gasteiger partial charge in [0.05, 0.1) is 6.61 Å². The average molecular weight is 401 g/mol. The van der Waals surface area contributed by atoms with Crippen LogP contribution in [0.2, 0.25) is 18.1 Å². The van der Waals surface area contributed by atoms with Crippen molar-refractivity contribution in [2.75, 3.05) is 13.7 Å². The maximum absolute atomic E-state index is 12.0. The number of rotatable bonds is 5. The van der Waals surface area contributed by atoms with Crippen LogP contribution in [-0.4, -0.2) is 64.5 Å². The molecular weight excluding hydrogens is 368 g/mol. The van der Waals surface area contributed by atoms with E-state index in [2.05, 4.69) is 33.9 Å². The summed E-state index contributed by atoms with van der Waals surface area (Å²) >= 11 is 0. The smallest absolute Gasteiger partial charge is 0.331 e. The van der Waals surface area contributed by atoms with Gasteiger partial charge >= 0.3 is 5.97 Å². The number of methoxy groups -OCH3 is 1. The largest absolute Gasteiger partial charge is 0.452 e. The third-order valence-corrected chi connectivity index (χ3v) is 10.4. The van der Waals surface area contributed by atoms with Gasteiger partial charge < -0.3 is 28.1 Å². The molecule has 3 rings (SSSR count). The second kappa shape index (κ2) is 6.93. The molecule has 0 unspecified atom stereocenters. The number of fused-ring (bicyclic) bond motifs is 1. The van der Waals surface area contributed by atoms with E-state index in [-0.39, 0.29) is 23.2 Å². The zero-order valence-electron chi connectivity index (χ0n) is 17.5. The van der Waals surface area contributed by atoms with Gasteiger partial charge in [0.15, 0.2) is 26.5 Å². The van der Waals surface area contributed by atoms with Crippen LogP contribution in [-0.2, 0) is 32.9 Å². The summed E-state index contributed by atoms with van der Waals surface area (Å²) in [6, 6.07) is 0. The van der Waals surface area contributed by atoms with Crippen LogP contribution in [0.15, 0.2) is 11.6 Å². The molecule has 0 saturated carbocycles. The van der Waals surface area contributed by atoms with E-state index in [1.165, 1.54) is 6.08 Å². The molecule has 8 heteroatoms. The van der Waals surface area contributed by atoms with Crippen LogP contribution in [0.1, 0.15) is 34.6 Å². The maximum Gasteiger partial charge on any atom is 0.331 e. The Labute approximate surface area is 162 Å². The Morgan fingerprint density at radius 2 is 1.78 bits per heavy atom. The number of hydrogen-bond acceptors (Lipinski definition) is 7. The maximum atomic E-state index is 12.0. The molecule has 3 heterocycles. The first kappa shape index (κ1) is 20.9. The summed E-state index contributed by atoms with van der Waals surface area (Å²) in [4.78, 5) is 12.0. The molecule has 3 aliphatic rings. The minimum absolute atomic E-state index is 0.0784. The summed E-state index contributed by atoms with van der Waals surface area (Å²) in [6.07, 6.45) is -0.857. The number of ether oxygens (including phenoxy) is 5. The minimum Gasteiger partial charge on any atom is -0.452 e. The Morgan fingerprint density at radius 3 is 2.37 bits per heavy atom. The average Bonchev–Trinajstić information content (AvgIpc) is 3.14. The first-order valence-corrected chi connectivity index (χ1v) is 12.3. The number of hydrogen-bond donors (Lipinski definition) is 0. The van der Waals surface area contributed by atoms with Crippen LogP contribution < -0.4 is 0 Å². The van der Waals surface area contributed by atoms with Crippen molar-refractivity contribution in [3.8, 4) is 0 Å². The quantitative estimate of drug-likeness (QED) is 0.519. The SMILES string of the molecule is CO[C@H]1O[C@H]([C@@H]2OC(=O)C=C2CO[Si](C)(C)C(C)(C)C)[C@@H]2OC(C)(C)O[C@H]12. The van der Waals surface area contributed by atoms with Crippen molar-refractivity contribution < 1.29 is 32.9 Å². The highest BCUT2D eigenvalue weighted by atomic mass is 28.4. The monoisotopic (exact) mass is 400 g/mol. The second-order valence-electron chi connectivity index (χ2n) is 9.40. The van der Waals surface area contributed by atoms with Crippen molar-refractivity contribution in [2.24, 2.45) is 0 Å². The van der Waals surface area contributed by atoms with Gasteiger partial charge in [0, 0.05) is 18.8 Å². The van der Waals surface area contributed by atoms with Crippen LogP contribution in [0.25, 0.3) is 0 Å². The van der Waals surface area contributed by atoms with Gasteiger partial charge in [0.1, 0.15) is 18.3 Å². The Hall–Kier alpha value is -0.773. The van der Waals surface area contributed by atoms with Crippen molar-refractivity contribution in [2.45, 2.75) is 89.2 Å². The van der Waals surface area contributed by atoms with Crippen molar-refractivity contribution in [3.63, 3.8) is 0 Å². The number of cyclic esters (lactones) is 1. The lowest BCUT2D eigenvalue weighted by atomic mass is 10.0. The zero-order chi connectivity index (χ0) is 20.2. The van der Waals surface area contributed by atoms with Gasteiger partial charge in [0.25, 0.3) is 0 Å². The molecule has 5 atom stereocenters. The normalized spacial score (nSPS) is 35.9. The van der Waals surface area contributed by atoms with E-state index in [1.54, 1.807) is 7.11 Å². The highest BCUT2D eigenvalue weighted by Gasteiger charge is 2.59.